The van der Waals surface area contributed by atoms with E-state index in [1.54, 1.807) is 60.5 Å². The molecule has 1 atom stereocenters. The fourth-order valence-corrected chi connectivity index (χ4v) is 4.90. The predicted molar refractivity (Wildman–Crippen MR) is 135 cm³/mol. The molecule has 0 spiro atoms. The summed E-state index contributed by atoms with van der Waals surface area (Å²) in [5.74, 6) is 0.176. The highest BCUT2D eigenvalue weighted by Gasteiger charge is 2.37. The van der Waals surface area contributed by atoms with Crippen molar-refractivity contribution in [1.82, 2.24) is 15.1 Å². The van der Waals surface area contributed by atoms with Gasteiger partial charge in [-0.25, -0.2) is 4.79 Å². The van der Waals surface area contributed by atoms with Crippen LogP contribution in [0.1, 0.15) is 36.0 Å². The van der Waals surface area contributed by atoms with E-state index >= 15 is 0 Å². The number of urea groups is 1. The summed E-state index contributed by atoms with van der Waals surface area (Å²) in [6.07, 6.45) is 3.19. The van der Waals surface area contributed by atoms with Crippen molar-refractivity contribution in [2.45, 2.75) is 31.7 Å². The number of ether oxygens (including phenoxy) is 1. The van der Waals surface area contributed by atoms with Crippen LogP contribution in [0.3, 0.4) is 0 Å². The van der Waals surface area contributed by atoms with E-state index in [-0.39, 0.29) is 23.8 Å². The van der Waals surface area contributed by atoms with Crippen LogP contribution in [-0.2, 0) is 4.79 Å². The monoisotopic (exact) mass is 498 g/mol. The van der Waals surface area contributed by atoms with Gasteiger partial charge in [0, 0.05) is 42.5 Å². The van der Waals surface area contributed by atoms with E-state index in [1.165, 1.54) is 0 Å². The highest BCUT2D eigenvalue weighted by atomic mass is 35.5. The molecule has 35 heavy (non-hydrogen) atoms. The van der Waals surface area contributed by atoms with Gasteiger partial charge in [0.15, 0.2) is 0 Å². The topological polar surface area (TPSA) is 91.0 Å². The third-order valence-electron chi connectivity index (χ3n) is 6.68. The molecule has 0 aliphatic carbocycles. The summed E-state index contributed by atoms with van der Waals surface area (Å²) < 4.78 is 5.23. The zero-order valence-electron chi connectivity index (χ0n) is 19.8. The number of methoxy groups -OCH3 is 1. The second-order valence-corrected chi connectivity index (χ2v) is 9.42. The van der Waals surface area contributed by atoms with E-state index in [2.05, 4.69) is 10.6 Å². The average Bonchev–Trinajstić information content (AvgIpc) is 3.42. The molecule has 1 unspecified atom stereocenters. The molecule has 2 fully saturated rings. The number of nitrogens with one attached hydrogen (secondary N) is 2. The molecule has 186 valence electrons. The first kappa shape index (κ1) is 24.9. The van der Waals surface area contributed by atoms with Gasteiger partial charge in [-0.1, -0.05) is 23.7 Å². The van der Waals surface area contributed by atoms with E-state index in [9.17, 15) is 14.4 Å². The van der Waals surface area contributed by atoms with Crippen LogP contribution in [0.2, 0.25) is 5.02 Å². The minimum Gasteiger partial charge on any atom is -0.497 e. The molecule has 2 saturated heterocycles. The van der Waals surface area contributed by atoms with Crippen molar-refractivity contribution in [2.75, 3.05) is 38.6 Å². The van der Waals surface area contributed by atoms with Crippen molar-refractivity contribution in [1.29, 1.82) is 0 Å². The summed E-state index contributed by atoms with van der Waals surface area (Å²) in [5, 5.41) is 6.43. The molecule has 9 heteroatoms. The summed E-state index contributed by atoms with van der Waals surface area (Å²) in [5.41, 5.74) is 1.08. The SMILES string of the molecule is COc1cccc(C(=O)NC(C(=O)N2CCCC2)C2CCN(C(=O)Nc3cccc(Cl)c3)CC2)c1. The Bertz CT molecular complexity index is 1060. The Morgan fingerprint density at radius 1 is 0.971 bits per heavy atom. The maximum absolute atomic E-state index is 13.4. The minimum atomic E-state index is -0.634. The van der Waals surface area contributed by atoms with Gasteiger partial charge in [-0.3, -0.25) is 9.59 Å². The number of nitrogens with zero attached hydrogens (tertiary/aromatic N) is 2. The number of rotatable bonds is 6. The van der Waals surface area contributed by atoms with Gasteiger partial charge in [-0.15, -0.1) is 0 Å². The lowest BCUT2D eigenvalue weighted by Crippen LogP contribution is -2.54. The molecule has 2 N–H and O–H groups in total. The van der Waals surface area contributed by atoms with Crippen molar-refractivity contribution < 1.29 is 19.1 Å². The fourth-order valence-electron chi connectivity index (χ4n) is 4.71. The van der Waals surface area contributed by atoms with E-state index in [0.29, 0.717) is 61.0 Å². The van der Waals surface area contributed by atoms with Crippen LogP contribution in [0, 0.1) is 5.92 Å². The molecular weight excluding hydrogens is 468 g/mol. The van der Waals surface area contributed by atoms with Crippen LogP contribution in [0.15, 0.2) is 48.5 Å². The Labute approximate surface area is 210 Å². The maximum atomic E-state index is 13.4. The number of hydrogen-bond acceptors (Lipinski definition) is 4. The molecule has 4 rings (SSSR count). The number of benzene rings is 2. The Hall–Kier alpha value is -3.26. The summed E-state index contributed by atoms with van der Waals surface area (Å²) in [7, 11) is 1.55. The van der Waals surface area contributed by atoms with Gasteiger partial charge >= 0.3 is 6.03 Å². The Kier molecular flexibility index (Phi) is 8.13. The normalized spacial score (nSPS) is 17.1. The van der Waals surface area contributed by atoms with Gasteiger partial charge in [0.05, 0.1) is 7.11 Å². The van der Waals surface area contributed by atoms with E-state index in [4.69, 9.17) is 16.3 Å². The number of likely N-dealkylation sites (tertiary alicyclic amines) is 2. The van der Waals surface area contributed by atoms with Crippen LogP contribution >= 0.6 is 11.6 Å². The van der Waals surface area contributed by atoms with E-state index < -0.39 is 6.04 Å². The summed E-state index contributed by atoms with van der Waals surface area (Å²) in [6, 6.07) is 13.1. The lowest BCUT2D eigenvalue weighted by Gasteiger charge is -2.37. The zero-order valence-corrected chi connectivity index (χ0v) is 20.6. The predicted octanol–water partition coefficient (Wildman–Crippen LogP) is 4.01. The molecule has 2 aromatic rings. The minimum absolute atomic E-state index is 0.0411. The molecule has 0 saturated carbocycles. The third-order valence-corrected chi connectivity index (χ3v) is 6.91. The van der Waals surface area contributed by atoms with Crippen molar-refractivity contribution >= 4 is 35.1 Å². The van der Waals surface area contributed by atoms with E-state index in [1.807, 2.05) is 4.90 Å². The molecule has 2 aliphatic heterocycles. The number of carbonyl (C=O) groups is 3. The standard InChI is InChI=1S/C26H31ClN4O4/c1-35-22-9-4-6-19(16-22)24(32)29-23(25(33)30-12-2-3-13-30)18-10-14-31(15-11-18)26(34)28-21-8-5-7-20(27)17-21/h4-9,16-18,23H,2-3,10-15H2,1H3,(H,28,34)(H,29,32). The number of piperidine rings is 1. The second kappa shape index (κ2) is 11.4. The third kappa shape index (κ3) is 6.25. The van der Waals surface area contributed by atoms with Gasteiger partial charge < -0.3 is 25.2 Å². The van der Waals surface area contributed by atoms with Gasteiger partial charge in [-0.2, -0.15) is 0 Å². The number of amides is 4. The van der Waals surface area contributed by atoms with Crippen LogP contribution in [-0.4, -0.2) is 67.0 Å². The number of hydrogen-bond donors (Lipinski definition) is 2. The highest BCUT2D eigenvalue weighted by molar-refractivity contribution is 6.30. The quantitative estimate of drug-likeness (QED) is 0.629. The van der Waals surface area contributed by atoms with Gasteiger partial charge in [0.2, 0.25) is 5.91 Å². The molecule has 0 radical (unpaired) electrons. The zero-order chi connectivity index (χ0) is 24.8. The van der Waals surface area contributed by atoms with Crippen molar-refractivity contribution in [2.24, 2.45) is 5.92 Å². The smallest absolute Gasteiger partial charge is 0.321 e. The number of carbonyl (C=O) groups excluding carboxylic acids is 3. The van der Waals surface area contributed by atoms with Gasteiger partial charge in [0.1, 0.15) is 11.8 Å². The Morgan fingerprint density at radius 2 is 1.69 bits per heavy atom. The van der Waals surface area contributed by atoms with Crippen LogP contribution in [0.4, 0.5) is 10.5 Å². The maximum Gasteiger partial charge on any atom is 0.321 e. The molecule has 4 amide bonds. The Morgan fingerprint density at radius 3 is 2.37 bits per heavy atom. The molecular formula is C26H31ClN4O4. The first-order chi connectivity index (χ1) is 16.9. The lowest BCUT2D eigenvalue weighted by atomic mass is 9.88. The van der Waals surface area contributed by atoms with Gasteiger partial charge in [0.25, 0.3) is 5.91 Å². The first-order valence-electron chi connectivity index (χ1n) is 12.0. The molecule has 0 bridgehead atoms. The van der Waals surface area contributed by atoms with Gasteiger partial charge in [-0.05, 0) is 68.0 Å². The molecule has 2 heterocycles. The summed E-state index contributed by atoms with van der Waals surface area (Å²) in [4.78, 5) is 42.8. The fraction of sp³-hybridized carbons (Fsp3) is 0.423. The van der Waals surface area contributed by atoms with Crippen LogP contribution in [0.5, 0.6) is 5.75 Å². The van der Waals surface area contributed by atoms with E-state index in [0.717, 1.165) is 12.8 Å². The number of halogens is 1. The lowest BCUT2D eigenvalue weighted by molar-refractivity contribution is -0.134. The molecule has 2 aliphatic rings. The van der Waals surface area contributed by atoms with Crippen molar-refractivity contribution in [3.05, 3.63) is 59.1 Å². The Balaban J connectivity index is 1.42. The van der Waals surface area contributed by atoms with Crippen molar-refractivity contribution in [3.63, 3.8) is 0 Å². The first-order valence-corrected chi connectivity index (χ1v) is 12.4. The number of anilines is 1. The van der Waals surface area contributed by atoms with Crippen LogP contribution < -0.4 is 15.4 Å². The molecule has 2 aromatic carbocycles. The second-order valence-electron chi connectivity index (χ2n) is 8.98. The summed E-state index contributed by atoms with van der Waals surface area (Å²) in [6.45, 7) is 2.42. The average molecular weight is 499 g/mol. The molecule has 0 aromatic heterocycles. The van der Waals surface area contributed by atoms with Crippen LogP contribution in [0.25, 0.3) is 0 Å². The molecule has 8 nitrogen and oxygen atoms in total. The highest BCUT2D eigenvalue weighted by Crippen LogP contribution is 2.25. The largest absolute Gasteiger partial charge is 0.497 e. The summed E-state index contributed by atoms with van der Waals surface area (Å²) >= 11 is 6.01. The van der Waals surface area contributed by atoms with Crippen molar-refractivity contribution in [3.8, 4) is 5.75 Å².